The van der Waals surface area contributed by atoms with Crippen LogP contribution in [-0.4, -0.2) is 16.5 Å². The van der Waals surface area contributed by atoms with Crippen LogP contribution in [-0.2, 0) is 6.18 Å². The molecule has 0 aliphatic rings. The van der Waals surface area contributed by atoms with Gasteiger partial charge < -0.3 is 10.6 Å². The lowest BCUT2D eigenvalue weighted by Gasteiger charge is -2.23. The summed E-state index contributed by atoms with van der Waals surface area (Å²) in [5.74, 6) is -1.19. The van der Waals surface area contributed by atoms with Gasteiger partial charge in [0.15, 0.2) is 5.69 Å². The molecular weight excluding hydrogens is 288 g/mol. The zero-order chi connectivity index (χ0) is 15.6. The van der Waals surface area contributed by atoms with Crippen molar-refractivity contribution in [3.63, 3.8) is 0 Å². The van der Waals surface area contributed by atoms with Crippen molar-refractivity contribution in [2.75, 3.05) is 17.2 Å². The fourth-order valence-corrected chi connectivity index (χ4v) is 1.86. The predicted octanol–water partition coefficient (Wildman–Crippen LogP) is 3.37. The molecule has 2 rings (SSSR count). The van der Waals surface area contributed by atoms with Crippen LogP contribution in [0.3, 0.4) is 0 Å². The van der Waals surface area contributed by atoms with Crippen LogP contribution in [0.15, 0.2) is 30.3 Å². The highest BCUT2D eigenvalue weighted by Gasteiger charge is 2.34. The third-order valence-corrected chi connectivity index (χ3v) is 2.76. The van der Waals surface area contributed by atoms with Gasteiger partial charge in [0.1, 0.15) is 11.6 Å². The molecule has 21 heavy (non-hydrogen) atoms. The summed E-state index contributed by atoms with van der Waals surface area (Å²) in [4.78, 5) is 8.22. The molecular formula is C13H12F4N4. The molecule has 0 spiro atoms. The Balaban J connectivity index is 2.53. The van der Waals surface area contributed by atoms with Crippen molar-refractivity contribution in [3.8, 4) is 0 Å². The lowest BCUT2D eigenvalue weighted by Crippen LogP contribution is -2.21. The maximum absolute atomic E-state index is 13.8. The van der Waals surface area contributed by atoms with Crippen LogP contribution in [0.5, 0.6) is 0 Å². The molecule has 2 N–H and O–H groups in total. The number of para-hydroxylation sites is 1. The van der Waals surface area contributed by atoms with Gasteiger partial charge in [0, 0.05) is 12.6 Å². The second-order valence-electron chi connectivity index (χ2n) is 4.16. The van der Waals surface area contributed by atoms with E-state index in [0.29, 0.717) is 0 Å². The summed E-state index contributed by atoms with van der Waals surface area (Å²) in [5.41, 5.74) is 4.27. The van der Waals surface area contributed by atoms with Crippen molar-refractivity contribution in [1.82, 2.24) is 9.97 Å². The Morgan fingerprint density at radius 3 is 2.43 bits per heavy atom. The Morgan fingerprint density at radius 2 is 1.86 bits per heavy atom. The van der Waals surface area contributed by atoms with Gasteiger partial charge in [0.05, 0.1) is 5.69 Å². The van der Waals surface area contributed by atoms with E-state index >= 15 is 0 Å². The second-order valence-corrected chi connectivity index (χ2v) is 4.16. The third-order valence-electron chi connectivity index (χ3n) is 2.76. The highest BCUT2D eigenvalue weighted by molar-refractivity contribution is 5.61. The molecule has 0 atom stereocenters. The molecule has 0 saturated heterocycles. The normalized spacial score (nSPS) is 11.5. The van der Waals surface area contributed by atoms with Crippen molar-refractivity contribution < 1.29 is 17.6 Å². The monoisotopic (exact) mass is 300 g/mol. The molecule has 8 heteroatoms. The molecule has 4 nitrogen and oxygen atoms in total. The SMILES string of the molecule is CCN(c1cc(C(F)(F)F)nc(N)n1)c1ccccc1F. The first-order valence-corrected chi connectivity index (χ1v) is 6.06. The van der Waals surface area contributed by atoms with Gasteiger partial charge in [-0.25, -0.2) is 9.37 Å². The smallest absolute Gasteiger partial charge is 0.368 e. The number of nitrogens with zero attached hydrogens (tertiary/aromatic N) is 3. The van der Waals surface area contributed by atoms with Crippen molar-refractivity contribution in [2.24, 2.45) is 0 Å². The van der Waals surface area contributed by atoms with Crippen molar-refractivity contribution in [1.29, 1.82) is 0 Å². The summed E-state index contributed by atoms with van der Waals surface area (Å²) in [5, 5.41) is 0. The van der Waals surface area contributed by atoms with Crippen LogP contribution in [0, 0.1) is 5.82 Å². The lowest BCUT2D eigenvalue weighted by atomic mass is 10.2. The van der Waals surface area contributed by atoms with Crippen LogP contribution in [0.2, 0.25) is 0 Å². The van der Waals surface area contributed by atoms with E-state index in [9.17, 15) is 17.6 Å². The van der Waals surface area contributed by atoms with E-state index in [1.54, 1.807) is 13.0 Å². The Hall–Kier alpha value is -2.38. The molecule has 1 aromatic heterocycles. The van der Waals surface area contributed by atoms with E-state index in [2.05, 4.69) is 9.97 Å². The number of benzene rings is 1. The summed E-state index contributed by atoms with van der Waals surface area (Å²) in [6.07, 6.45) is -4.65. The van der Waals surface area contributed by atoms with Crippen LogP contribution in [0.1, 0.15) is 12.6 Å². The van der Waals surface area contributed by atoms with Crippen LogP contribution >= 0.6 is 0 Å². The van der Waals surface area contributed by atoms with Gasteiger partial charge in [-0.05, 0) is 19.1 Å². The number of nitrogen functional groups attached to an aromatic ring is 1. The van der Waals surface area contributed by atoms with Gasteiger partial charge in [0.25, 0.3) is 0 Å². The Kier molecular flexibility index (Phi) is 3.97. The van der Waals surface area contributed by atoms with E-state index in [1.165, 1.54) is 23.1 Å². The minimum atomic E-state index is -4.65. The standard InChI is InChI=1S/C13H12F4N4/c1-2-21(9-6-4-3-5-8(9)14)11-7-10(13(15,16)17)19-12(18)20-11/h3-7H,2H2,1H3,(H2,18,19,20). The van der Waals surface area contributed by atoms with Crippen molar-refractivity contribution >= 4 is 17.5 Å². The largest absolute Gasteiger partial charge is 0.433 e. The van der Waals surface area contributed by atoms with E-state index < -0.39 is 23.6 Å². The lowest BCUT2D eigenvalue weighted by molar-refractivity contribution is -0.141. The summed E-state index contributed by atoms with van der Waals surface area (Å²) >= 11 is 0. The van der Waals surface area contributed by atoms with E-state index in [1.807, 2.05) is 0 Å². The summed E-state index contributed by atoms with van der Waals surface area (Å²) in [6.45, 7) is 1.88. The fraction of sp³-hybridized carbons (Fsp3) is 0.231. The molecule has 112 valence electrons. The van der Waals surface area contributed by atoms with Gasteiger partial charge in [-0.3, -0.25) is 0 Å². The topological polar surface area (TPSA) is 55.0 Å². The number of alkyl halides is 3. The number of nitrogens with two attached hydrogens (primary N) is 1. The maximum Gasteiger partial charge on any atom is 0.433 e. The average molecular weight is 300 g/mol. The zero-order valence-corrected chi connectivity index (χ0v) is 11.0. The first-order chi connectivity index (χ1) is 9.82. The van der Waals surface area contributed by atoms with Crippen molar-refractivity contribution in [2.45, 2.75) is 13.1 Å². The number of halogens is 4. The first-order valence-electron chi connectivity index (χ1n) is 6.06. The van der Waals surface area contributed by atoms with E-state index in [4.69, 9.17) is 5.73 Å². The van der Waals surface area contributed by atoms with Crippen LogP contribution in [0.4, 0.5) is 35.0 Å². The summed E-state index contributed by atoms with van der Waals surface area (Å²) in [7, 11) is 0. The van der Waals surface area contributed by atoms with Gasteiger partial charge in [-0.1, -0.05) is 12.1 Å². The summed E-state index contributed by atoms with van der Waals surface area (Å²) < 4.78 is 52.1. The molecule has 0 aliphatic heterocycles. The van der Waals surface area contributed by atoms with Gasteiger partial charge in [0.2, 0.25) is 5.95 Å². The number of aromatic nitrogens is 2. The number of hydrogen-bond donors (Lipinski definition) is 1. The average Bonchev–Trinajstić information content (AvgIpc) is 2.40. The van der Waals surface area contributed by atoms with E-state index in [-0.39, 0.29) is 18.1 Å². The molecule has 2 aromatic rings. The summed E-state index contributed by atoms with van der Waals surface area (Å²) in [6, 6.07) is 6.47. The number of anilines is 3. The molecule has 0 saturated carbocycles. The minimum Gasteiger partial charge on any atom is -0.368 e. The van der Waals surface area contributed by atoms with Gasteiger partial charge in [-0.2, -0.15) is 18.2 Å². The fourth-order valence-electron chi connectivity index (χ4n) is 1.86. The quantitative estimate of drug-likeness (QED) is 0.883. The van der Waals surface area contributed by atoms with Gasteiger partial charge >= 0.3 is 6.18 Å². The Morgan fingerprint density at radius 1 is 1.19 bits per heavy atom. The Labute approximate surface area is 118 Å². The molecule has 1 heterocycles. The molecule has 0 radical (unpaired) electrons. The van der Waals surface area contributed by atoms with Crippen LogP contribution < -0.4 is 10.6 Å². The number of hydrogen-bond acceptors (Lipinski definition) is 4. The first kappa shape index (κ1) is 15.0. The highest BCUT2D eigenvalue weighted by Crippen LogP contribution is 2.32. The molecule has 0 bridgehead atoms. The molecule has 0 unspecified atom stereocenters. The molecule has 0 aliphatic carbocycles. The maximum atomic E-state index is 13.8. The van der Waals surface area contributed by atoms with Gasteiger partial charge in [-0.15, -0.1) is 0 Å². The van der Waals surface area contributed by atoms with E-state index in [0.717, 1.165) is 6.07 Å². The zero-order valence-electron chi connectivity index (χ0n) is 11.0. The Bertz CT molecular complexity index is 642. The number of rotatable bonds is 3. The third kappa shape index (κ3) is 3.21. The molecule has 1 aromatic carbocycles. The second kappa shape index (κ2) is 5.55. The molecule has 0 fully saturated rings. The predicted molar refractivity (Wildman–Crippen MR) is 70.5 cm³/mol. The van der Waals surface area contributed by atoms with Crippen LogP contribution in [0.25, 0.3) is 0 Å². The highest BCUT2D eigenvalue weighted by atomic mass is 19.4. The molecule has 0 amide bonds. The van der Waals surface area contributed by atoms with Crippen molar-refractivity contribution in [3.05, 3.63) is 41.8 Å². The minimum absolute atomic E-state index is 0.109.